The summed E-state index contributed by atoms with van der Waals surface area (Å²) in [5.41, 5.74) is 6.96. The molecule has 16 heavy (non-hydrogen) atoms. The normalized spacial score (nSPS) is 16.1. The van der Waals surface area contributed by atoms with Gasteiger partial charge >= 0.3 is 0 Å². The zero-order valence-corrected chi connectivity index (χ0v) is 9.44. The monoisotopic (exact) mass is 219 g/mol. The SMILES string of the molecule is CN(Cc1cccc(C(N)=O)c1)C1CNC1. The second kappa shape index (κ2) is 4.63. The Morgan fingerprint density at radius 2 is 2.31 bits per heavy atom. The van der Waals surface area contributed by atoms with Crippen molar-refractivity contribution in [1.82, 2.24) is 10.2 Å². The maximum atomic E-state index is 11.0. The van der Waals surface area contributed by atoms with E-state index in [0.717, 1.165) is 25.2 Å². The molecule has 0 atom stereocenters. The zero-order valence-electron chi connectivity index (χ0n) is 9.44. The second-order valence-corrected chi connectivity index (χ2v) is 4.29. The summed E-state index contributed by atoms with van der Waals surface area (Å²) in [6, 6.07) is 8.12. The summed E-state index contributed by atoms with van der Waals surface area (Å²) in [6.45, 7) is 2.95. The summed E-state index contributed by atoms with van der Waals surface area (Å²) in [6.07, 6.45) is 0. The quantitative estimate of drug-likeness (QED) is 0.760. The van der Waals surface area contributed by atoms with Gasteiger partial charge in [0, 0.05) is 31.2 Å². The van der Waals surface area contributed by atoms with Crippen LogP contribution >= 0.6 is 0 Å². The van der Waals surface area contributed by atoms with Gasteiger partial charge in [-0.05, 0) is 24.7 Å². The first-order valence-corrected chi connectivity index (χ1v) is 5.46. The Hall–Kier alpha value is -1.39. The van der Waals surface area contributed by atoms with Crippen LogP contribution in [-0.2, 0) is 6.54 Å². The molecular formula is C12H17N3O. The lowest BCUT2D eigenvalue weighted by Gasteiger charge is -2.35. The number of nitrogens with zero attached hydrogens (tertiary/aromatic N) is 1. The van der Waals surface area contributed by atoms with Gasteiger partial charge in [-0.1, -0.05) is 12.1 Å². The average molecular weight is 219 g/mol. The van der Waals surface area contributed by atoms with E-state index in [4.69, 9.17) is 5.73 Å². The van der Waals surface area contributed by atoms with Crippen molar-refractivity contribution in [2.24, 2.45) is 5.73 Å². The number of hydrogen-bond donors (Lipinski definition) is 2. The Morgan fingerprint density at radius 3 is 2.88 bits per heavy atom. The molecule has 1 aliphatic heterocycles. The molecule has 1 fully saturated rings. The minimum atomic E-state index is -0.366. The maximum Gasteiger partial charge on any atom is 0.248 e. The minimum absolute atomic E-state index is 0.366. The summed E-state index contributed by atoms with van der Waals surface area (Å²) >= 11 is 0. The highest BCUT2D eigenvalue weighted by Gasteiger charge is 2.21. The number of likely N-dealkylation sites (N-methyl/N-ethyl adjacent to an activating group) is 1. The first kappa shape index (κ1) is 11.1. The van der Waals surface area contributed by atoms with Crippen molar-refractivity contribution in [1.29, 1.82) is 0 Å². The van der Waals surface area contributed by atoms with Crippen LogP contribution in [0.5, 0.6) is 0 Å². The molecule has 4 heteroatoms. The fourth-order valence-electron chi connectivity index (χ4n) is 1.83. The zero-order chi connectivity index (χ0) is 11.5. The second-order valence-electron chi connectivity index (χ2n) is 4.29. The van der Waals surface area contributed by atoms with E-state index >= 15 is 0 Å². The van der Waals surface area contributed by atoms with Gasteiger partial charge in [-0.2, -0.15) is 0 Å². The van der Waals surface area contributed by atoms with Gasteiger partial charge in [0.2, 0.25) is 5.91 Å². The lowest BCUT2D eigenvalue weighted by molar-refractivity contribution is 0.1000. The van der Waals surface area contributed by atoms with Crippen molar-refractivity contribution in [2.75, 3.05) is 20.1 Å². The topological polar surface area (TPSA) is 58.4 Å². The lowest BCUT2D eigenvalue weighted by Crippen LogP contribution is -2.55. The number of carbonyl (C=O) groups excluding carboxylic acids is 1. The van der Waals surface area contributed by atoms with E-state index < -0.39 is 0 Å². The van der Waals surface area contributed by atoms with Gasteiger partial charge < -0.3 is 11.1 Å². The summed E-state index contributed by atoms with van der Waals surface area (Å²) in [4.78, 5) is 13.3. The molecule has 1 aliphatic rings. The fraction of sp³-hybridized carbons (Fsp3) is 0.417. The third-order valence-corrected chi connectivity index (χ3v) is 3.03. The van der Waals surface area contributed by atoms with Crippen molar-refractivity contribution < 1.29 is 4.79 Å². The van der Waals surface area contributed by atoms with Crippen LogP contribution < -0.4 is 11.1 Å². The fourth-order valence-corrected chi connectivity index (χ4v) is 1.83. The largest absolute Gasteiger partial charge is 0.366 e. The number of nitrogens with one attached hydrogen (secondary N) is 1. The summed E-state index contributed by atoms with van der Waals surface area (Å²) in [7, 11) is 2.10. The first-order chi connectivity index (χ1) is 7.66. The van der Waals surface area contributed by atoms with E-state index in [9.17, 15) is 4.79 Å². The molecule has 0 spiro atoms. The number of carbonyl (C=O) groups is 1. The Kier molecular flexibility index (Phi) is 3.22. The van der Waals surface area contributed by atoms with E-state index in [-0.39, 0.29) is 5.91 Å². The molecule has 1 amide bonds. The molecule has 1 aromatic carbocycles. The van der Waals surface area contributed by atoms with Crippen molar-refractivity contribution in [3.05, 3.63) is 35.4 Å². The van der Waals surface area contributed by atoms with Crippen molar-refractivity contribution in [2.45, 2.75) is 12.6 Å². The van der Waals surface area contributed by atoms with Gasteiger partial charge in [-0.3, -0.25) is 9.69 Å². The number of amides is 1. The predicted molar refractivity (Wildman–Crippen MR) is 63.1 cm³/mol. The molecule has 0 unspecified atom stereocenters. The summed E-state index contributed by atoms with van der Waals surface area (Å²) in [5.74, 6) is -0.366. The molecule has 1 saturated heterocycles. The Labute approximate surface area is 95.4 Å². The van der Waals surface area contributed by atoms with E-state index in [1.54, 1.807) is 6.07 Å². The van der Waals surface area contributed by atoms with Crippen LogP contribution in [0.25, 0.3) is 0 Å². The van der Waals surface area contributed by atoms with Crippen LogP contribution in [0.15, 0.2) is 24.3 Å². The number of rotatable bonds is 4. The number of nitrogens with two attached hydrogens (primary N) is 1. The standard InChI is InChI=1S/C12H17N3O/c1-15(11-6-14-7-11)8-9-3-2-4-10(5-9)12(13)16/h2-5,11,14H,6-8H2,1H3,(H2,13,16). The van der Waals surface area contributed by atoms with Gasteiger partial charge in [-0.25, -0.2) is 0 Å². The average Bonchev–Trinajstić information content (AvgIpc) is 2.15. The molecule has 0 bridgehead atoms. The molecule has 1 heterocycles. The Morgan fingerprint density at radius 1 is 1.56 bits per heavy atom. The van der Waals surface area contributed by atoms with E-state index in [1.807, 2.05) is 18.2 Å². The predicted octanol–water partition coefficient (Wildman–Crippen LogP) is 0.189. The van der Waals surface area contributed by atoms with Crippen LogP contribution in [0.2, 0.25) is 0 Å². The van der Waals surface area contributed by atoms with Crippen LogP contribution in [0.4, 0.5) is 0 Å². The number of primary amides is 1. The Balaban J connectivity index is 2.02. The van der Waals surface area contributed by atoms with Crippen LogP contribution in [0.1, 0.15) is 15.9 Å². The van der Waals surface area contributed by atoms with Crippen molar-refractivity contribution in [3.8, 4) is 0 Å². The summed E-state index contributed by atoms with van der Waals surface area (Å²) < 4.78 is 0. The minimum Gasteiger partial charge on any atom is -0.366 e. The third-order valence-electron chi connectivity index (χ3n) is 3.03. The Bertz CT molecular complexity index is 388. The summed E-state index contributed by atoms with van der Waals surface area (Å²) in [5, 5.41) is 3.24. The number of hydrogen-bond acceptors (Lipinski definition) is 3. The highest BCUT2D eigenvalue weighted by molar-refractivity contribution is 5.92. The number of benzene rings is 1. The smallest absolute Gasteiger partial charge is 0.248 e. The van der Waals surface area contributed by atoms with Gasteiger partial charge in [-0.15, -0.1) is 0 Å². The van der Waals surface area contributed by atoms with Crippen molar-refractivity contribution in [3.63, 3.8) is 0 Å². The van der Waals surface area contributed by atoms with Gasteiger partial charge in [0.05, 0.1) is 0 Å². The molecule has 4 nitrogen and oxygen atoms in total. The first-order valence-electron chi connectivity index (χ1n) is 5.46. The molecule has 1 aromatic rings. The van der Waals surface area contributed by atoms with Gasteiger partial charge in [0.1, 0.15) is 0 Å². The molecule has 3 N–H and O–H groups in total. The lowest BCUT2D eigenvalue weighted by atomic mass is 10.1. The van der Waals surface area contributed by atoms with Crippen LogP contribution in [0, 0.1) is 0 Å². The highest BCUT2D eigenvalue weighted by Crippen LogP contribution is 2.10. The molecule has 0 aromatic heterocycles. The van der Waals surface area contributed by atoms with E-state index in [1.165, 1.54) is 0 Å². The molecular weight excluding hydrogens is 202 g/mol. The third kappa shape index (κ3) is 2.40. The highest BCUT2D eigenvalue weighted by atomic mass is 16.1. The molecule has 0 aliphatic carbocycles. The van der Waals surface area contributed by atoms with Crippen LogP contribution in [0.3, 0.4) is 0 Å². The van der Waals surface area contributed by atoms with Gasteiger partial charge in [0.15, 0.2) is 0 Å². The molecule has 86 valence electrons. The van der Waals surface area contributed by atoms with Gasteiger partial charge in [0.25, 0.3) is 0 Å². The van der Waals surface area contributed by atoms with E-state index in [2.05, 4.69) is 17.3 Å². The molecule has 0 saturated carbocycles. The maximum absolute atomic E-state index is 11.0. The van der Waals surface area contributed by atoms with E-state index in [0.29, 0.717) is 11.6 Å². The molecule has 2 rings (SSSR count). The van der Waals surface area contributed by atoms with Crippen LogP contribution in [-0.4, -0.2) is 37.0 Å². The van der Waals surface area contributed by atoms with Crippen molar-refractivity contribution >= 4 is 5.91 Å². The molecule has 0 radical (unpaired) electrons.